The number of aromatic nitrogens is 2. The van der Waals surface area contributed by atoms with Crippen LogP contribution in [0.15, 0.2) is 47.5 Å². The van der Waals surface area contributed by atoms with Crippen molar-refractivity contribution in [1.29, 1.82) is 0 Å². The van der Waals surface area contributed by atoms with Gasteiger partial charge in [-0.05, 0) is 37.5 Å². The maximum atomic E-state index is 6.42. The lowest BCUT2D eigenvalue weighted by atomic mass is 9.85. The third kappa shape index (κ3) is 5.58. The first-order valence-electron chi connectivity index (χ1n) is 9.89. The second-order valence-electron chi connectivity index (χ2n) is 7.92. The second kappa shape index (κ2) is 9.58. The average molecular weight is 443 g/mol. The molecule has 30 heavy (non-hydrogen) atoms. The Kier molecular flexibility index (Phi) is 7.10. The van der Waals surface area contributed by atoms with Gasteiger partial charge in [-0.15, -0.1) is 0 Å². The molecule has 0 saturated heterocycles. The molecule has 2 aromatic carbocycles. The molecule has 0 fully saturated rings. The largest absolute Gasteiger partial charge is 0.430 e. The van der Waals surface area contributed by atoms with Gasteiger partial charge < -0.3 is 9.64 Å². The molecule has 3 rings (SSSR count). The molecule has 0 amide bonds. The Labute approximate surface area is 187 Å². The molecule has 0 N–H and O–H groups in total. The summed E-state index contributed by atoms with van der Waals surface area (Å²) in [6.45, 7) is 9.20. The van der Waals surface area contributed by atoms with Gasteiger partial charge in [0.1, 0.15) is 5.75 Å². The summed E-state index contributed by atoms with van der Waals surface area (Å²) in [6, 6.07) is 14.1. The van der Waals surface area contributed by atoms with Crippen LogP contribution in [0.5, 0.6) is 10.9 Å². The first kappa shape index (κ1) is 22.2. The van der Waals surface area contributed by atoms with Gasteiger partial charge in [0.05, 0.1) is 17.0 Å². The number of rotatable bonds is 8. The highest BCUT2D eigenvalue weighted by Gasteiger charge is 2.27. The Hall–Kier alpha value is -2.44. The molecule has 5 nitrogen and oxygen atoms in total. The Morgan fingerprint density at radius 2 is 1.97 bits per heavy atom. The van der Waals surface area contributed by atoms with Gasteiger partial charge in [-0.1, -0.05) is 55.8 Å². The van der Waals surface area contributed by atoms with Crippen molar-refractivity contribution < 1.29 is 4.74 Å². The first-order chi connectivity index (χ1) is 14.3. The predicted octanol–water partition coefficient (Wildman–Crippen LogP) is 6.42. The van der Waals surface area contributed by atoms with Crippen LogP contribution in [0.25, 0.3) is 0 Å². The third-order valence-corrected chi connectivity index (χ3v) is 5.73. The van der Waals surface area contributed by atoms with Gasteiger partial charge in [0.15, 0.2) is 5.82 Å². The summed E-state index contributed by atoms with van der Waals surface area (Å²) < 4.78 is 10.6. The smallest absolute Gasteiger partial charge is 0.298 e. The molecule has 0 saturated carbocycles. The van der Waals surface area contributed by atoms with Crippen LogP contribution in [0.2, 0.25) is 5.02 Å². The Morgan fingerprint density at radius 3 is 2.67 bits per heavy atom. The predicted molar refractivity (Wildman–Crippen MR) is 126 cm³/mol. The van der Waals surface area contributed by atoms with E-state index in [9.17, 15) is 0 Å². The van der Waals surface area contributed by atoms with Crippen LogP contribution in [-0.4, -0.2) is 34.2 Å². The molecular formula is C23H27ClN4OS. The summed E-state index contributed by atoms with van der Waals surface area (Å²) in [4.78, 5) is 11.1. The maximum Gasteiger partial charge on any atom is 0.298 e. The average Bonchev–Trinajstić information content (AvgIpc) is 3.19. The number of hydrogen-bond donors (Lipinski definition) is 0. The van der Waals surface area contributed by atoms with E-state index in [4.69, 9.17) is 16.3 Å². The summed E-state index contributed by atoms with van der Waals surface area (Å²) in [5.41, 5.74) is 2.71. The van der Waals surface area contributed by atoms with Gasteiger partial charge in [0, 0.05) is 36.6 Å². The Morgan fingerprint density at radius 1 is 1.23 bits per heavy atom. The summed E-state index contributed by atoms with van der Waals surface area (Å²) in [5.74, 6) is 1.44. The van der Waals surface area contributed by atoms with Crippen LogP contribution in [0.1, 0.15) is 37.7 Å². The van der Waals surface area contributed by atoms with Crippen LogP contribution in [0.4, 0.5) is 5.69 Å². The van der Waals surface area contributed by atoms with Crippen molar-refractivity contribution in [3.63, 3.8) is 0 Å². The Balaban J connectivity index is 1.75. The number of hydrogen-bond acceptors (Lipinski definition) is 5. The zero-order chi connectivity index (χ0) is 21.7. The fourth-order valence-electron chi connectivity index (χ4n) is 2.90. The molecule has 3 aromatic rings. The van der Waals surface area contributed by atoms with Gasteiger partial charge in [0.2, 0.25) is 0 Å². The van der Waals surface area contributed by atoms with E-state index >= 15 is 0 Å². The minimum atomic E-state index is -0.198. The topological polar surface area (TPSA) is 50.6 Å². The van der Waals surface area contributed by atoms with Crippen molar-refractivity contribution in [1.82, 2.24) is 14.3 Å². The molecule has 0 aliphatic rings. The quantitative estimate of drug-likeness (QED) is 0.298. The highest BCUT2D eigenvalue weighted by molar-refractivity contribution is 7.07. The molecule has 0 unspecified atom stereocenters. The SMILES string of the molecule is CCN(C)C=Nc1cc(C)c(Oc2nc(C(C)(C)Cc3ccccc3)ns2)cc1Cl. The molecule has 0 atom stereocenters. The number of benzene rings is 2. The number of ether oxygens (including phenoxy) is 1. The van der Waals surface area contributed by atoms with E-state index in [1.165, 1.54) is 17.1 Å². The van der Waals surface area contributed by atoms with E-state index in [0.717, 1.165) is 24.4 Å². The number of nitrogens with zero attached hydrogens (tertiary/aromatic N) is 4. The van der Waals surface area contributed by atoms with Gasteiger partial charge in [-0.25, -0.2) is 4.99 Å². The highest BCUT2D eigenvalue weighted by atomic mass is 35.5. The highest BCUT2D eigenvalue weighted by Crippen LogP contribution is 2.36. The Bertz CT molecular complexity index is 1020. The van der Waals surface area contributed by atoms with Crippen molar-refractivity contribution in [3.8, 4) is 10.9 Å². The third-order valence-electron chi connectivity index (χ3n) is 4.84. The molecule has 158 valence electrons. The van der Waals surface area contributed by atoms with Crippen molar-refractivity contribution in [2.45, 2.75) is 39.5 Å². The molecule has 0 aliphatic carbocycles. The van der Waals surface area contributed by atoms with Gasteiger partial charge in [0.25, 0.3) is 5.19 Å². The standard InChI is InChI=1S/C23H27ClN4OS/c1-6-28(5)15-25-19-12-16(2)20(13-18(19)24)29-22-26-21(27-30-22)23(3,4)14-17-10-8-7-9-11-17/h7-13,15H,6,14H2,1-5H3. The molecule has 1 aromatic heterocycles. The van der Waals surface area contributed by atoms with Crippen molar-refractivity contribution in [2.24, 2.45) is 4.99 Å². The number of aryl methyl sites for hydroxylation is 1. The molecule has 0 radical (unpaired) electrons. The zero-order valence-electron chi connectivity index (χ0n) is 18.0. The summed E-state index contributed by atoms with van der Waals surface area (Å²) in [6.07, 6.45) is 2.63. The maximum absolute atomic E-state index is 6.42. The summed E-state index contributed by atoms with van der Waals surface area (Å²) in [7, 11) is 1.97. The molecule has 1 heterocycles. The van der Waals surface area contributed by atoms with Crippen molar-refractivity contribution >= 4 is 35.2 Å². The van der Waals surface area contributed by atoms with E-state index in [2.05, 4.69) is 59.4 Å². The molecule has 0 spiro atoms. The van der Waals surface area contributed by atoms with Crippen LogP contribution in [-0.2, 0) is 11.8 Å². The summed E-state index contributed by atoms with van der Waals surface area (Å²) in [5, 5.41) is 1.04. The van der Waals surface area contributed by atoms with Gasteiger partial charge in [-0.2, -0.15) is 9.36 Å². The molecular weight excluding hydrogens is 416 g/mol. The lowest BCUT2D eigenvalue weighted by Gasteiger charge is -2.20. The van der Waals surface area contributed by atoms with Crippen LogP contribution < -0.4 is 4.74 Å². The molecule has 7 heteroatoms. The number of halogens is 1. The first-order valence-corrected chi connectivity index (χ1v) is 11.0. The fourth-order valence-corrected chi connectivity index (χ4v) is 3.81. The second-order valence-corrected chi connectivity index (χ2v) is 9.04. The van der Waals surface area contributed by atoms with Crippen LogP contribution in [0, 0.1) is 6.92 Å². The normalized spacial score (nSPS) is 11.8. The van der Waals surface area contributed by atoms with Crippen LogP contribution in [0.3, 0.4) is 0 Å². The van der Waals surface area contributed by atoms with E-state index in [1.807, 2.05) is 31.0 Å². The summed E-state index contributed by atoms with van der Waals surface area (Å²) >= 11 is 7.67. The van der Waals surface area contributed by atoms with Crippen molar-refractivity contribution in [3.05, 3.63) is 64.4 Å². The van der Waals surface area contributed by atoms with Gasteiger partial charge >= 0.3 is 0 Å². The molecule has 0 aliphatic heterocycles. The number of aliphatic imine (C=N–C) groups is 1. The lowest BCUT2D eigenvalue weighted by molar-refractivity contribution is 0.454. The lowest BCUT2D eigenvalue weighted by Crippen LogP contribution is -2.22. The fraction of sp³-hybridized carbons (Fsp3) is 0.348. The van der Waals surface area contributed by atoms with Crippen LogP contribution >= 0.6 is 23.1 Å². The van der Waals surface area contributed by atoms with Crippen molar-refractivity contribution in [2.75, 3.05) is 13.6 Å². The van der Waals surface area contributed by atoms with E-state index in [-0.39, 0.29) is 5.41 Å². The monoisotopic (exact) mass is 442 g/mol. The van der Waals surface area contributed by atoms with E-state index < -0.39 is 0 Å². The van der Waals surface area contributed by atoms with E-state index in [1.54, 1.807) is 12.4 Å². The minimum Gasteiger partial charge on any atom is -0.430 e. The molecule has 0 bridgehead atoms. The van der Waals surface area contributed by atoms with E-state index in [0.29, 0.717) is 21.7 Å². The van der Waals surface area contributed by atoms with Gasteiger partial charge in [-0.3, -0.25) is 0 Å². The zero-order valence-corrected chi connectivity index (χ0v) is 19.6. The minimum absolute atomic E-state index is 0.198.